The number of aromatic nitrogens is 2. The lowest BCUT2D eigenvalue weighted by Gasteiger charge is -2.21. The highest BCUT2D eigenvalue weighted by Gasteiger charge is 2.31. The summed E-state index contributed by atoms with van der Waals surface area (Å²) in [6.45, 7) is 1.85. The van der Waals surface area contributed by atoms with Crippen LogP contribution >= 0.6 is 0 Å². The van der Waals surface area contributed by atoms with E-state index in [1.54, 1.807) is 7.11 Å². The van der Waals surface area contributed by atoms with Crippen LogP contribution in [0.25, 0.3) is 5.52 Å². The number of nitrogens with zero attached hydrogens (tertiary/aromatic N) is 3. The fourth-order valence-corrected chi connectivity index (χ4v) is 2.82. The van der Waals surface area contributed by atoms with Gasteiger partial charge in [0.2, 0.25) is 0 Å². The minimum atomic E-state index is 0.180. The number of ether oxygens (including phenoxy) is 1. The van der Waals surface area contributed by atoms with Gasteiger partial charge in [-0.15, -0.1) is 0 Å². The van der Waals surface area contributed by atoms with Gasteiger partial charge in [0.15, 0.2) is 0 Å². The van der Waals surface area contributed by atoms with E-state index in [0.717, 1.165) is 25.0 Å². The molecule has 1 saturated heterocycles. The second-order valence-electron chi connectivity index (χ2n) is 5.06. The van der Waals surface area contributed by atoms with Crippen LogP contribution in [0.2, 0.25) is 0 Å². The second kappa shape index (κ2) is 5.28. The van der Waals surface area contributed by atoms with Crippen LogP contribution in [0.15, 0.2) is 30.6 Å². The maximum atomic E-state index is 9.47. The number of hydrogen-bond acceptors (Lipinski definition) is 4. The number of hydrogen-bond donors (Lipinski definition) is 1. The average molecular weight is 261 g/mol. The molecule has 5 heteroatoms. The normalized spacial score (nSPS) is 24.3. The molecule has 1 fully saturated rings. The quantitative estimate of drug-likeness (QED) is 0.889. The molecule has 2 aromatic heterocycles. The van der Waals surface area contributed by atoms with E-state index in [-0.39, 0.29) is 18.8 Å². The lowest BCUT2D eigenvalue weighted by Crippen LogP contribution is -2.31. The van der Waals surface area contributed by atoms with Gasteiger partial charge in [-0.2, -0.15) is 5.10 Å². The monoisotopic (exact) mass is 261 g/mol. The average Bonchev–Trinajstić information content (AvgIpc) is 3.04. The molecule has 1 aliphatic rings. The lowest BCUT2D eigenvalue weighted by molar-refractivity contribution is 0.107. The molecule has 0 aromatic carbocycles. The Hall–Kier alpha value is -1.43. The predicted octanol–water partition coefficient (Wildman–Crippen LogP) is 0.916. The summed E-state index contributed by atoms with van der Waals surface area (Å²) in [5.41, 5.74) is 2.32. The van der Waals surface area contributed by atoms with E-state index < -0.39 is 0 Å². The van der Waals surface area contributed by atoms with Gasteiger partial charge < -0.3 is 9.84 Å². The molecule has 0 bridgehead atoms. The van der Waals surface area contributed by atoms with Crippen molar-refractivity contribution < 1.29 is 9.84 Å². The van der Waals surface area contributed by atoms with Gasteiger partial charge in [0.05, 0.1) is 24.4 Å². The van der Waals surface area contributed by atoms with Crippen LogP contribution in [0.5, 0.6) is 0 Å². The zero-order chi connectivity index (χ0) is 13.2. The molecule has 0 unspecified atom stereocenters. The van der Waals surface area contributed by atoms with E-state index in [4.69, 9.17) is 4.74 Å². The van der Waals surface area contributed by atoms with Crippen molar-refractivity contribution >= 4 is 5.52 Å². The lowest BCUT2D eigenvalue weighted by atomic mass is 10.2. The molecule has 0 amide bonds. The van der Waals surface area contributed by atoms with Crippen molar-refractivity contribution in [3.8, 4) is 0 Å². The molecule has 0 aliphatic carbocycles. The first-order valence-corrected chi connectivity index (χ1v) is 6.60. The third kappa shape index (κ3) is 2.36. The molecule has 2 atom stereocenters. The fraction of sp³-hybridized carbons (Fsp3) is 0.500. The summed E-state index contributed by atoms with van der Waals surface area (Å²) in [5.74, 6) is 0. The number of aliphatic hydroxyl groups is 1. The summed E-state index contributed by atoms with van der Waals surface area (Å²) in [6.07, 6.45) is 4.97. The fourth-order valence-electron chi connectivity index (χ4n) is 2.82. The molecular formula is C14H19N3O2. The molecular weight excluding hydrogens is 242 g/mol. The van der Waals surface area contributed by atoms with Crippen LogP contribution in [0, 0.1) is 0 Å². The van der Waals surface area contributed by atoms with E-state index >= 15 is 0 Å². The molecule has 1 aliphatic heterocycles. The number of fused-ring (bicyclic) bond motifs is 1. The topological polar surface area (TPSA) is 50.0 Å². The van der Waals surface area contributed by atoms with Crippen molar-refractivity contribution in [2.24, 2.45) is 0 Å². The summed E-state index contributed by atoms with van der Waals surface area (Å²) in [7, 11) is 1.73. The molecule has 0 saturated carbocycles. The van der Waals surface area contributed by atoms with Gasteiger partial charge in [-0.1, -0.05) is 6.07 Å². The van der Waals surface area contributed by atoms with Gasteiger partial charge in [-0.05, 0) is 18.6 Å². The Morgan fingerprint density at radius 1 is 1.47 bits per heavy atom. The molecule has 102 valence electrons. The minimum absolute atomic E-state index is 0.180. The Morgan fingerprint density at radius 3 is 3.16 bits per heavy atom. The van der Waals surface area contributed by atoms with Crippen LogP contribution in [0.1, 0.15) is 12.0 Å². The highest BCUT2D eigenvalue weighted by molar-refractivity contribution is 5.53. The largest absolute Gasteiger partial charge is 0.395 e. The van der Waals surface area contributed by atoms with E-state index in [1.807, 2.05) is 29.0 Å². The number of likely N-dealkylation sites (tertiary alicyclic amines) is 1. The van der Waals surface area contributed by atoms with Crippen LogP contribution < -0.4 is 0 Å². The Labute approximate surface area is 112 Å². The molecule has 0 radical (unpaired) electrons. The molecule has 19 heavy (non-hydrogen) atoms. The summed E-state index contributed by atoms with van der Waals surface area (Å²) < 4.78 is 7.29. The highest BCUT2D eigenvalue weighted by atomic mass is 16.5. The molecule has 1 N–H and O–H groups in total. The van der Waals surface area contributed by atoms with Crippen molar-refractivity contribution in [3.63, 3.8) is 0 Å². The van der Waals surface area contributed by atoms with Gasteiger partial charge in [0, 0.05) is 38.0 Å². The van der Waals surface area contributed by atoms with Gasteiger partial charge in [-0.3, -0.25) is 4.90 Å². The molecule has 2 aromatic rings. The minimum Gasteiger partial charge on any atom is -0.395 e. The van der Waals surface area contributed by atoms with Crippen molar-refractivity contribution in [1.82, 2.24) is 14.5 Å². The molecule has 5 nitrogen and oxygen atoms in total. The van der Waals surface area contributed by atoms with E-state index in [2.05, 4.69) is 16.1 Å². The van der Waals surface area contributed by atoms with Crippen LogP contribution in [-0.4, -0.2) is 52.0 Å². The first-order valence-electron chi connectivity index (χ1n) is 6.60. The summed E-state index contributed by atoms with van der Waals surface area (Å²) >= 11 is 0. The van der Waals surface area contributed by atoms with Gasteiger partial charge in [-0.25, -0.2) is 4.52 Å². The zero-order valence-corrected chi connectivity index (χ0v) is 11.1. The van der Waals surface area contributed by atoms with Gasteiger partial charge in [0.1, 0.15) is 0 Å². The first-order chi connectivity index (χ1) is 9.31. The Kier molecular flexibility index (Phi) is 3.50. The third-order valence-corrected chi connectivity index (χ3v) is 3.91. The van der Waals surface area contributed by atoms with Crippen molar-refractivity contribution in [2.75, 3.05) is 20.3 Å². The Balaban J connectivity index is 1.80. The number of methoxy groups -OCH3 is 1. The molecule has 0 spiro atoms. The number of pyridine rings is 1. The summed E-state index contributed by atoms with van der Waals surface area (Å²) in [6, 6.07) is 6.24. The predicted molar refractivity (Wildman–Crippen MR) is 71.9 cm³/mol. The first kappa shape index (κ1) is 12.6. The van der Waals surface area contributed by atoms with E-state index in [0.29, 0.717) is 0 Å². The summed E-state index contributed by atoms with van der Waals surface area (Å²) in [4.78, 5) is 2.28. The van der Waals surface area contributed by atoms with Crippen LogP contribution in [-0.2, 0) is 11.3 Å². The smallest absolute Gasteiger partial charge is 0.0714 e. The molecule has 3 rings (SSSR count). The van der Waals surface area contributed by atoms with Gasteiger partial charge in [0.25, 0.3) is 0 Å². The third-order valence-electron chi connectivity index (χ3n) is 3.91. The highest BCUT2D eigenvalue weighted by Crippen LogP contribution is 2.23. The maximum absolute atomic E-state index is 9.47. The molecule has 3 heterocycles. The number of rotatable bonds is 4. The van der Waals surface area contributed by atoms with Crippen LogP contribution in [0.3, 0.4) is 0 Å². The second-order valence-corrected chi connectivity index (χ2v) is 5.06. The number of aliphatic hydroxyl groups excluding tert-OH is 1. The van der Waals surface area contributed by atoms with Gasteiger partial charge >= 0.3 is 0 Å². The van der Waals surface area contributed by atoms with Crippen molar-refractivity contribution in [2.45, 2.75) is 25.1 Å². The SMILES string of the molecule is CO[C@@H]1C[C@@H](CO)N(Cc2cnn3ccccc23)C1. The summed E-state index contributed by atoms with van der Waals surface area (Å²) in [5, 5.41) is 13.8. The Bertz CT molecular complexity index is 554. The van der Waals surface area contributed by atoms with Crippen LogP contribution in [0.4, 0.5) is 0 Å². The Morgan fingerprint density at radius 2 is 2.37 bits per heavy atom. The zero-order valence-electron chi connectivity index (χ0n) is 11.1. The van der Waals surface area contributed by atoms with Crippen molar-refractivity contribution in [3.05, 3.63) is 36.2 Å². The standard InChI is InChI=1S/C14H19N3O2/c1-19-13-6-12(10-18)16(9-13)8-11-7-15-17-5-3-2-4-14(11)17/h2-5,7,12-13,18H,6,8-10H2,1H3/t12-,13+/m0/s1. The van der Waals surface area contributed by atoms with Crippen molar-refractivity contribution in [1.29, 1.82) is 0 Å². The van der Waals surface area contributed by atoms with E-state index in [1.165, 1.54) is 5.56 Å². The van der Waals surface area contributed by atoms with E-state index in [9.17, 15) is 5.11 Å². The maximum Gasteiger partial charge on any atom is 0.0714 e.